The topological polar surface area (TPSA) is 122 Å². The van der Waals surface area contributed by atoms with Gasteiger partial charge in [-0.1, -0.05) is 6.07 Å². The average molecular weight is 408 g/mol. The van der Waals surface area contributed by atoms with Gasteiger partial charge in [0.15, 0.2) is 11.2 Å². The van der Waals surface area contributed by atoms with Gasteiger partial charge in [-0.3, -0.25) is 28.4 Å². The van der Waals surface area contributed by atoms with Gasteiger partial charge in [0.05, 0.1) is 18.2 Å². The van der Waals surface area contributed by atoms with Crippen molar-refractivity contribution in [1.29, 1.82) is 0 Å². The highest BCUT2D eigenvalue weighted by molar-refractivity contribution is 5.79. The molecule has 0 radical (unpaired) electrons. The lowest BCUT2D eigenvalue weighted by molar-refractivity contribution is -0.121. The quantitative estimate of drug-likeness (QED) is 0.477. The third-order valence-electron chi connectivity index (χ3n) is 4.88. The molecule has 11 heteroatoms. The number of nitrogens with one attached hydrogen (secondary N) is 1. The number of carbonyl (C=O) groups excluding carboxylic acids is 1. The van der Waals surface area contributed by atoms with Crippen LogP contribution in [0.1, 0.15) is 5.56 Å². The first-order chi connectivity index (χ1) is 14.4. The van der Waals surface area contributed by atoms with Crippen LogP contribution in [-0.2, 0) is 39.0 Å². The van der Waals surface area contributed by atoms with E-state index in [9.17, 15) is 14.4 Å². The van der Waals surface area contributed by atoms with E-state index >= 15 is 0 Å². The molecule has 0 aliphatic carbocycles. The maximum absolute atomic E-state index is 12.6. The standard InChI is InChI=1S/C19H20N8O3/c1-24-9-13(8-23-24)15-12(5-4-6-20-15)7-21-14(28)10-27-11-22-17-16(27)18(29)26(3)19(30)25(17)2/h4-6,8-9,11H,7,10H2,1-3H3,(H,21,28). The fourth-order valence-corrected chi connectivity index (χ4v) is 3.31. The molecule has 4 heterocycles. The number of fused-ring (bicyclic) bond motifs is 1. The fourth-order valence-electron chi connectivity index (χ4n) is 3.31. The molecule has 30 heavy (non-hydrogen) atoms. The van der Waals surface area contributed by atoms with Crippen molar-refractivity contribution >= 4 is 17.1 Å². The van der Waals surface area contributed by atoms with E-state index in [1.807, 2.05) is 19.3 Å². The zero-order chi connectivity index (χ0) is 21.4. The lowest BCUT2D eigenvalue weighted by atomic mass is 10.1. The van der Waals surface area contributed by atoms with Crippen LogP contribution in [0.5, 0.6) is 0 Å². The Hall–Kier alpha value is -4.02. The molecule has 0 unspecified atom stereocenters. The number of pyridine rings is 1. The van der Waals surface area contributed by atoms with Crippen LogP contribution in [0.3, 0.4) is 0 Å². The van der Waals surface area contributed by atoms with E-state index in [1.165, 1.54) is 29.6 Å². The lowest BCUT2D eigenvalue weighted by Gasteiger charge is -2.10. The molecule has 11 nitrogen and oxygen atoms in total. The van der Waals surface area contributed by atoms with E-state index in [0.717, 1.165) is 21.4 Å². The Bertz CT molecular complexity index is 1370. The number of carbonyl (C=O) groups is 1. The van der Waals surface area contributed by atoms with Crippen LogP contribution in [0, 0.1) is 0 Å². The normalized spacial score (nSPS) is 11.2. The van der Waals surface area contributed by atoms with Crippen molar-refractivity contribution in [3.8, 4) is 11.3 Å². The second-order valence-corrected chi connectivity index (χ2v) is 6.94. The first kappa shape index (κ1) is 19.3. The molecule has 0 saturated heterocycles. The zero-order valence-corrected chi connectivity index (χ0v) is 16.7. The molecule has 4 aromatic heterocycles. The monoisotopic (exact) mass is 408 g/mol. The summed E-state index contributed by atoms with van der Waals surface area (Å²) in [6.07, 6.45) is 6.64. The summed E-state index contributed by atoms with van der Waals surface area (Å²) in [5.41, 5.74) is 1.91. The smallest absolute Gasteiger partial charge is 0.332 e. The molecule has 154 valence electrons. The molecule has 0 bridgehead atoms. The minimum absolute atomic E-state index is 0.105. The second kappa shape index (κ2) is 7.43. The van der Waals surface area contributed by atoms with Crippen molar-refractivity contribution in [2.75, 3.05) is 0 Å². The maximum Gasteiger partial charge on any atom is 0.332 e. The molecule has 4 aromatic rings. The van der Waals surface area contributed by atoms with Crippen LogP contribution in [0.4, 0.5) is 0 Å². The van der Waals surface area contributed by atoms with Crippen molar-refractivity contribution in [3.05, 3.63) is 63.5 Å². The van der Waals surface area contributed by atoms with E-state index in [1.54, 1.807) is 23.1 Å². The number of nitrogens with zero attached hydrogens (tertiary/aromatic N) is 7. The third kappa shape index (κ3) is 3.30. The SMILES string of the molecule is Cn1cc(-c2ncccc2CNC(=O)Cn2cnc3c2c(=O)n(C)c(=O)n3C)cn1. The van der Waals surface area contributed by atoms with Crippen molar-refractivity contribution in [1.82, 2.24) is 38.8 Å². The Labute approximate surface area is 170 Å². The summed E-state index contributed by atoms with van der Waals surface area (Å²) in [6.45, 7) is 0.159. The minimum Gasteiger partial charge on any atom is -0.350 e. The van der Waals surface area contributed by atoms with E-state index in [0.29, 0.717) is 0 Å². The number of aryl methyl sites for hydroxylation is 2. The second-order valence-electron chi connectivity index (χ2n) is 6.94. The summed E-state index contributed by atoms with van der Waals surface area (Å²) in [6, 6.07) is 3.68. The zero-order valence-electron chi connectivity index (χ0n) is 16.7. The van der Waals surface area contributed by atoms with Crippen LogP contribution >= 0.6 is 0 Å². The van der Waals surface area contributed by atoms with Crippen molar-refractivity contribution in [3.63, 3.8) is 0 Å². The molecule has 0 saturated carbocycles. The van der Waals surface area contributed by atoms with Gasteiger partial charge in [-0.25, -0.2) is 9.78 Å². The predicted octanol–water partition coefficient (Wildman–Crippen LogP) is -0.454. The molecule has 1 amide bonds. The van der Waals surface area contributed by atoms with Gasteiger partial charge in [0.2, 0.25) is 5.91 Å². The van der Waals surface area contributed by atoms with Gasteiger partial charge in [-0.05, 0) is 11.6 Å². The Morgan fingerprint density at radius 2 is 1.93 bits per heavy atom. The summed E-state index contributed by atoms with van der Waals surface area (Å²) in [7, 11) is 4.75. The average Bonchev–Trinajstić information content (AvgIpc) is 3.36. The highest BCUT2D eigenvalue weighted by atomic mass is 16.2. The predicted molar refractivity (Wildman–Crippen MR) is 109 cm³/mol. The molecular formula is C19H20N8O3. The van der Waals surface area contributed by atoms with E-state index in [-0.39, 0.29) is 30.2 Å². The fraction of sp³-hybridized carbons (Fsp3) is 0.263. The molecule has 0 aromatic carbocycles. The number of aromatic nitrogens is 7. The maximum atomic E-state index is 12.6. The first-order valence-electron chi connectivity index (χ1n) is 9.17. The molecule has 1 N–H and O–H groups in total. The van der Waals surface area contributed by atoms with Crippen LogP contribution in [0.25, 0.3) is 22.4 Å². The van der Waals surface area contributed by atoms with Gasteiger partial charge in [0.25, 0.3) is 5.56 Å². The highest BCUT2D eigenvalue weighted by Gasteiger charge is 2.16. The Kier molecular flexibility index (Phi) is 4.78. The summed E-state index contributed by atoms with van der Waals surface area (Å²) in [4.78, 5) is 45.6. The number of rotatable bonds is 5. The van der Waals surface area contributed by atoms with Gasteiger partial charge in [0.1, 0.15) is 6.54 Å². The molecule has 0 fully saturated rings. The Balaban J connectivity index is 1.55. The molecule has 0 atom stereocenters. The van der Waals surface area contributed by atoms with Crippen LogP contribution in [0.2, 0.25) is 0 Å². The van der Waals surface area contributed by atoms with Crippen molar-refractivity contribution in [2.45, 2.75) is 13.1 Å². The van der Waals surface area contributed by atoms with Gasteiger partial charge >= 0.3 is 5.69 Å². The summed E-state index contributed by atoms with van der Waals surface area (Å²) in [5.74, 6) is -0.300. The molecule has 0 aliphatic rings. The van der Waals surface area contributed by atoms with Crippen LogP contribution < -0.4 is 16.6 Å². The molecule has 4 rings (SSSR count). The van der Waals surface area contributed by atoms with Gasteiger partial charge in [0, 0.05) is 45.6 Å². The largest absolute Gasteiger partial charge is 0.350 e. The van der Waals surface area contributed by atoms with Gasteiger partial charge in [-0.2, -0.15) is 5.10 Å². The molecule has 0 aliphatic heterocycles. The van der Waals surface area contributed by atoms with Crippen molar-refractivity contribution in [2.24, 2.45) is 21.1 Å². The summed E-state index contributed by atoms with van der Waals surface area (Å²) < 4.78 is 5.40. The molecular weight excluding hydrogens is 388 g/mol. The van der Waals surface area contributed by atoms with E-state index in [4.69, 9.17) is 0 Å². The van der Waals surface area contributed by atoms with E-state index in [2.05, 4.69) is 20.4 Å². The van der Waals surface area contributed by atoms with Gasteiger partial charge in [-0.15, -0.1) is 0 Å². The highest BCUT2D eigenvalue weighted by Crippen LogP contribution is 2.20. The lowest BCUT2D eigenvalue weighted by Crippen LogP contribution is -2.38. The Morgan fingerprint density at radius 3 is 2.67 bits per heavy atom. The van der Waals surface area contributed by atoms with Crippen LogP contribution in [0.15, 0.2) is 46.6 Å². The summed E-state index contributed by atoms with van der Waals surface area (Å²) >= 11 is 0. The number of hydrogen-bond donors (Lipinski definition) is 1. The number of hydrogen-bond acceptors (Lipinski definition) is 6. The number of amides is 1. The third-order valence-corrected chi connectivity index (χ3v) is 4.88. The van der Waals surface area contributed by atoms with Crippen LogP contribution in [-0.4, -0.2) is 39.4 Å². The van der Waals surface area contributed by atoms with Gasteiger partial charge < -0.3 is 9.88 Å². The first-order valence-corrected chi connectivity index (χ1v) is 9.17. The summed E-state index contributed by atoms with van der Waals surface area (Å²) in [5, 5.41) is 7.01. The molecule has 0 spiro atoms. The van der Waals surface area contributed by atoms with E-state index < -0.39 is 11.2 Å². The van der Waals surface area contributed by atoms with Crippen molar-refractivity contribution < 1.29 is 4.79 Å². The number of imidazole rings is 1. The Morgan fingerprint density at radius 1 is 1.13 bits per heavy atom. The minimum atomic E-state index is -0.496.